The number of carbonyl (C=O) groups is 1. The van der Waals surface area contributed by atoms with Crippen molar-refractivity contribution in [2.24, 2.45) is 0 Å². The topological polar surface area (TPSA) is 72.4 Å². The zero-order chi connectivity index (χ0) is 15.8. The molecule has 1 aliphatic heterocycles. The average molecular weight is 421 g/mol. The number of carbonyl (C=O) groups excluding carboxylic acids is 1. The second-order valence-electron chi connectivity index (χ2n) is 5.32. The number of nitrogens with zero attached hydrogens (tertiary/aromatic N) is 3. The van der Waals surface area contributed by atoms with Crippen molar-refractivity contribution in [1.82, 2.24) is 15.0 Å². The van der Waals surface area contributed by atoms with Gasteiger partial charge in [0.25, 0.3) is 5.91 Å². The summed E-state index contributed by atoms with van der Waals surface area (Å²) in [5.41, 5.74) is 0.730. The van der Waals surface area contributed by atoms with Crippen molar-refractivity contribution in [2.75, 3.05) is 13.1 Å². The quantitative estimate of drug-likeness (QED) is 0.608. The zero-order valence-electron chi connectivity index (χ0n) is 12.0. The maximum absolute atomic E-state index is 12.5. The van der Waals surface area contributed by atoms with Crippen LogP contribution in [0.4, 0.5) is 0 Å². The molecule has 23 heavy (non-hydrogen) atoms. The molecule has 3 heterocycles. The Balaban J connectivity index is 1.44. The predicted molar refractivity (Wildman–Crippen MR) is 89.8 cm³/mol. The summed E-state index contributed by atoms with van der Waals surface area (Å²) < 4.78 is 11.5. The van der Waals surface area contributed by atoms with Crippen LogP contribution in [-0.4, -0.2) is 34.0 Å². The third-order valence-corrected chi connectivity index (χ3v) is 4.75. The second-order valence-corrected chi connectivity index (χ2v) is 6.48. The number of hydrogen-bond acceptors (Lipinski definition) is 5. The van der Waals surface area contributed by atoms with Crippen molar-refractivity contribution < 1.29 is 13.7 Å². The van der Waals surface area contributed by atoms with E-state index in [0.717, 1.165) is 9.13 Å². The Labute approximate surface area is 145 Å². The fraction of sp³-hybridized carbons (Fsp3) is 0.188. The van der Waals surface area contributed by atoms with Crippen molar-refractivity contribution in [2.45, 2.75) is 5.92 Å². The van der Waals surface area contributed by atoms with E-state index in [1.165, 1.54) is 0 Å². The largest absolute Gasteiger partial charge is 0.461 e. The molecule has 0 radical (unpaired) electrons. The standard InChI is InChI=1S/C16H12IN3O3/c17-12-5-2-1-4-11(12)16(21)20-8-10(9-20)15-18-14(19-23-15)13-6-3-7-22-13/h1-7,10H,8-9H2. The molecule has 7 heteroatoms. The van der Waals surface area contributed by atoms with E-state index in [1.807, 2.05) is 24.3 Å². The van der Waals surface area contributed by atoms with Gasteiger partial charge in [-0.1, -0.05) is 17.3 Å². The lowest BCUT2D eigenvalue weighted by molar-refractivity contribution is 0.0568. The first kappa shape index (κ1) is 14.4. The fourth-order valence-electron chi connectivity index (χ4n) is 2.51. The van der Waals surface area contributed by atoms with Crippen molar-refractivity contribution in [3.8, 4) is 11.6 Å². The van der Waals surface area contributed by atoms with Gasteiger partial charge in [-0.05, 0) is 46.9 Å². The molecule has 0 spiro atoms. The Morgan fingerprint density at radius 2 is 2.04 bits per heavy atom. The highest BCUT2D eigenvalue weighted by atomic mass is 127. The molecule has 0 saturated carbocycles. The fourth-order valence-corrected chi connectivity index (χ4v) is 3.13. The van der Waals surface area contributed by atoms with Gasteiger partial charge in [0.05, 0.1) is 17.7 Å². The van der Waals surface area contributed by atoms with Gasteiger partial charge in [-0.3, -0.25) is 4.79 Å². The lowest BCUT2D eigenvalue weighted by atomic mass is 9.99. The number of likely N-dealkylation sites (tertiary alicyclic amines) is 1. The van der Waals surface area contributed by atoms with Gasteiger partial charge < -0.3 is 13.8 Å². The summed E-state index contributed by atoms with van der Waals surface area (Å²) in [5.74, 6) is 1.68. The monoisotopic (exact) mass is 421 g/mol. The maximum Gasteiger partial charge on any atom is 0.254 e. The third-order valence-electron chi connectivity index (χ3n) is 3.81. The molecule has 1 aromatic carbocycles. The lowest BCUT2D eigenvalue weighted by Crippen LogP contribution is -2.48. The van der Waals surface area contributed by atoms with E-state index >= 15 is 0 Å². The summed E-state index contributed by atoms with van der Waals surface area (Å²) in [6.07, 6.45) is 1.57. The second kappa shape index (κ2) is 5.80. The molecular formula is C16H12IN3O3. The summed E-state index contributed by atoms with van der Waals surface area (Å²) in [5, 5.41) is 3.92. The molecule has 0 aliphatic carbocycles. The van der Waals surface area contributed by atoms with Crippen LogP contribution >= 0.6 is 22.6 Å². The van der Waals surface area contributed by atoms with Crippen LogP contribution in [0.15, 0.2) is 51.6 Å². The van der Waals surface area contributed by atoms with Crippen LogP contribution in [0.2, 0.25) is 0 Å². The van der Waals surface area contributed by atoms with Gasteiger partial charge in [-0.25, -0.2) is 0 Å². The molecule has 116 valence electrons. The number of hydrogen-bond donors (Lipinski definition) is 0. The molecule has 2 aromatic heterocycles. The van der Waals surface area contributed by atoms with E-state index in [2.05, 4.69) is 32.7 Å². The van der Waals surface area contributed by atoms with Crippen molar-refractivity contribution >= 4 is 28.5 Å². The van der Waals surface area contributed by atoms with Crippen molar-refractivity contribution in [1.29, 1.82) is 0 Å². The van der Waals surface area contributed by atoms with Gasteiger partial charge in [-0.2, -0.15) is 4.98 Å². The smallest absolute Gasteiger partial charge is 0.254 e. The van der Waals surface area contributed by atoms with Crippen LogP contribution in [-0.2, 0) is 0 Å². The van der Waals surface area contributed by atoms with Gasteiger partial charge in [0.2, 0.25) is 11.7 Å². The molecule has 0 unspecified atom stereocenters. The highest BCUT2D eigenvalue weighted by Gasteiger charge is 2.36. The summed E-state index contributed by atoms with van der Waals surface area (Å²) in [6.45, 7) is 1.17. The van der Waals surface area contributed by atoms with E-state index in [-0.39, 0.29) is 11.8 Å². The van der Waals surface area contributed by atoms with Crippen LogP contribution in [0.25, 0.3) is 11.6 Å². The molecule has 0 N–H and O–H groups in total. The molecule has 1 aliphatic rings. The van der Waals surface area contributed by atoms with Gasteiger partial charge >= 0.3 is 0 Å². The van der Waals surface area contributed by atoms with Gasteiger partial charge in [0.1, 0.15) is 0 Å². The summed E-state index contributed by atoms with van der Waals surface area (Å²) >= 11 is 2.18. The van der Waals surface area contributed by atoms with Gasteiger partial charge in [0.15, 0.2) is 5.76 Å². The van der Waals surface area contributed by atoms with Crippen LogP contribution in [0.3, 0.4) is 0 Å². The molecule has 0 bridgehead atoms. The van der Waals surface area contributed by atoms with Crippen molar-refractivity contribution in [3.05, 3.63) is 57.7 Å². The number of amides is 1. The normalized spacial score (nSPS) is 14.7. The third kappa shape index (κ3) is 2.65. The van der Waals surface area contributed by atoms with Crippen LogP contribution < -0.4 is 0 Å². The molecule has 3 aromatic rings. The first-order chi connectivity index (χ1) is 11.2. The minimum absolute atomic E-state index is 0.0389. The lowest BCUT2D eigenvalue weighted by Gasteiger charge is -2.37. The first-order valence-corrected chi connectivity index (χ1v) is 8.21. The minimum Gasteiger partial charge on any atom is -0.461 e. The molecular weight excluding hydrogens is 409 g/mol. The number of furan rings is 1. The Kier molecular flexibility index (Phi) is 3.64. The Morgan fingerprint density at radius 1 is 1.22 bits per heavy atom. The Hall–Kier alpha value is -2.16. The molecule has 6 nitrogen and oxygen atoms in total. The number of rotatable bonds is 3. The highest BCUT2D eigenvalue weighted by molar-refractivity contribution is 14.1. The van der Waals surface area contributed by atoms with Crippen molar-refractivity contribution in [3.63, 3.8) is 0 Å². The Morgan fingerprint density at radius 3 is 2.78 bits per heavy atom. The predicted octanol–water partition coefficient (Wildman–Crippen LogP) is 3.17. The summed E-state index contributed by atoms with van der Waals surface area (Å²) in [6, 6.07) is 11.1. The molecule has 1 fully saturated rings. The SMILES string of the molecule is O=C(c1ccccc1I)N1CC(c2nc(-c3ccco3)no2)C1. The minimum atomic E-state index is 0.0389. The molecule has 4 rings (SSSR count). The van der Waals surface area contributed by atoms with Gasteiger partial charge in [-0.15, -0.1) is 0 Å². The van der Waals surface area contributed by atoms with E-state index in [0.29, 0.717) is 30.6 Å². The number of halogens is 1. The van der Waals surface area contributed by atoms with Crippen LogP contribution in [0.1, 0.15) is 22.2 Å². The average Bonchev–Trinajstić information content (AvgIpc) is 3.17. The zero-order valence-corrected chi connectivity index (χ0v) is 14.1. The van der Waals surface area contributed by atoms with Gasteiger partial charge in [0, 0.05) is 16.7 Å². The van der Waals surface area contributed by atoms with Crippen LogP contribution in [0, 0.1) is 3.57 Å². The van der Waals surface area contributed by atoms with E-state index < -0.39 is 0 Å². The molecule has 1 amide bonds. The summed E-state index contributed by atoms with van der Waals surface area (Å²) in [7, 11) is 0. The maximum atomic E-state index is 12.5. The highest BCUT2D eigenvalue weighted by Crippen LogP contribution is 2.29. The molecule has 0 atom stereocenters. The van der Waals surface area contributed by atoms with Crippen LogP contribution in [0.5, 0.6) is 0 Å². The first-order valence-electron chi connectivity index (χ1n) is 7.13. The van der Waals surface area contributed by atoms with E-state index in [4.69, 9.17) is 8.94 Å². The Bertz CT molecular complexity index is 838. The number of benzene rings is 1. The summed E-state index contributed by atoms with van der Waals surface area (Å²) in [4.78, 5) is 18.6. The van der Waals surface area contributed by atoms with E-state index in [9.17, 15) is 4.79 Å². The molecule has 1 saturated heterocycles. The van der Waals surface area contributed by atoms with E-state index in [1.54, 1.807) is 23.3 Å². The number of aromatic nitrogens is 2.